The zero-order chi connectivity index (χ0) is 8.10. The van der Waals surface area contributed by atoms with Crippen LogP contribution in [0.25, 0.3) is 0 Å². The monoisotopic (exact) mass is 194 g/mol. The van der Waals surface area contributed by atoms with Gasteiger partial charge in [-0.05, 0) is 12.8 Å². The molecule has 0 bridgehead atoms. The van der Waals surface area contributed by atoms with Gasteiger partial charge in [0.05, 0.1) is 6.10 Å². The van der Waals surface area contributed by atoms with Crippen molar-refractivity contribution in [3.05, 3.63) is 0 Å². The summed E-state index contributed by atoms with van der Waals surface area (Å²) in [7, 11) is 0. The van der Waals surface area contributed by atoms with E-state index in [1.165, 1.54) is 12.8 Å². The van der Waals surface area contributed by atoms with Crippen molar-refractivity contribution >= 4 is 23.4 Å². The van der Waals surface area contributed by atoms with Crippen molar-refractivity contribution in [2.75, 3.05) is 18.2 Å². The Balaban J connectivity index is 2.01. The lowest BCUT2D eigenvalue weighted by Gasteiger charge is -2.11. The Morgan fingerprint density at radius 3 is 3.09 bits per heavy atom. The summed E-state index contributed by atoms with van der Waals surface area (Å²) in [4.78, 5) is 0. The minimum Gasteiger partial charge on any atom is -0.377 e. The molecule has 0 spiro atoms. The quantitative estimate of drug-likeness (QED) is 0.637. The predicted molar refractivity (Wildman–Crippen MR) is 51.6 cm³/mol. The standard InChI is InChI=1S/C8H15ClOS/c1-7(5-9)11-6-8-3-2-4-10-8/h7-8H,2-6H2,1H3. The van der Waals surface area contributed by atoms with Gasteiger partial charge in [-0.25, -0.2) is 0 Å². The molecule has 1 aliphatic rings. The van der Waals surface area contributed by atoms with E-state index in [0.29, 0.717) is 11.4 Å². The van der Waals surface area contributed by atoms with Crippen LogP contribution in [0.15, 0.2) is 0 Å². The lowest BCUT2D eigenvalue weighted by Crippen LogP contribution is -2.11. The van der Waals surface area contributed by atoms with Gasteiger partial charge in [-0.1, -0.05) is 6.92 Å². The topological polar surface area (TPSA) is 9.23 Å². The maximum Gasteiger partial charge on any atom is 0.0666 e. The zero-order valence-corrected chi connectivity index (χ0v) is 8.46. The van der Waals surface area contributed by atoms with E-state index in [0.717, 1.165) is 18.2 Å². The Hall–Kier alpha value is 0.600. The number of ether oxygens (including phenoxy) is 1. The average Bonchev–Trinajstić information content (AvgIpc) is 2.52. The Labute approximate surface area is 77.8 Å². The first-order valence-corrected chi connectivity index (χ1v) is 5.70. The summed E-state index contributed by atoms with van der Waals surface area (Å²) in [5.41, 5.74) is 0. The van der Waals surface area contributed by atoms with Crippen molar-refractivity contribution in [3.63, 3.8) is 0 Å². The van der Waals surface area contributed by atoms with Gasteiger partial charge in [-0.15, -0.1) is 11.6 Å². The predicted octanol–water partition coefficient (Wildman–Crippen LogP) is 2.53. The summed E-state index contributed by atoms with van der Waals surface area (Å²) in [5, 5.41) is 0.570. The van der Waals surface area contributed by atoms with Gasteiger partial charge in [-0.2, -0.15) is 11.8 Å². The third kappa shape index (κ3) is 3.68. The van der Waals surface area contributed by atoms with Gasteiger partial charge in [0.2, 0.25) is 0 Å². The number of thioether (sulfide) groups is 1. The van der Waals surface area contributed by atoms with Gasteiger partial charge in [0.25, 0.3) is 0 Å². The number of hydrogen-bond acceptors (Lipinski definition) is 2. The van der Waals surface area contributed by atoms with Crippen LogP contribution in [-0.4, -0.2) is 29.6 Å². The van der Waals surface area contributed by atoms with Crippen molar-refractivity contribution in [3.8, 4) is 0 Å². The van der Waals surface area contributed by atoms with Gasteiger partial charge in [0.15, 0.2) is 0 Å². The minimum absolute atomic E-state index is 0.505. The third-order valence-electron chi connectivity index (χ3n) is 1.81. The number of halogens is 1. The highest BCUT2D eigenvalue weighted by molar-refractivity contribution is 8.00. The molecule has 1 nitrogen and oxygen atoms in total. The molecule has 0 radical (unpaired) electrons. The highest BCUT2D eigenvalue weighted by Crippen LogP contribution is 2.20. The van der Waals surface area contributed by atoms with E-state index < -0.39 is 0 Å². The van der Waals surface area contributed by atoms with Crippen molar-refractivity contribution in [2.24, 2.45) is 0 Å². The summed E-state index contributed by atoms with van der Waals surface area (Å²) in [6.07, 6.45) is 2.98. The van der Waals surface area contributed by atoms with Crippen LogP contribution in [0.2, 0.25) is 0 Å². The first-order valence-electron chi connectivity index (χ1n) is 4.12. The molecule has 0 saturated carbocycles. The van der Waals surface area contributed by atoms with Crippen LogP contribution in [0, 0.1) is 0 Å². The van der Waals surface area contributed by atoms with Gasteiger partial charge in [0, 0.05) is 23.5 Å². The Morgan fingerprint density at radius 1 is 1.73 bits per heavy atom. The molecule has 2 atom stereocenters. The molecule has 0 N–H and O–H groups in total. The molecule has 1 fully saturated rings. The molecule has 1 aliphatic heterocycles. The van der Waals surface area contributed by atoms with Gasteiger partial charge >= 0.3 is 0 Å². The second kappa shape index (κ2) is 5.28. The first-order chi connectivity index (χ1) is 5.33. The first kappa shape index (κ1) is 9.69. The largest absolute Gasteiger partial charge is 0.377 e. The number of hydrogen-bond donors (Lipinski definition) is 0. The van der Waals surface area contributed by atoms with E-state index in [2.05, 4.69) is 6.92 Å². The lowest BCUT2D eigenvalue weighted by atomic mass is 10.3. The summed E-state index contributed by atoms with van der Waals surface area (Å²) in [6, 6.07) is 0. The van der Waals surface area contributed by atoms with E-state index in [1.54, 1.807) is 0 Å². The Morgan fingerprint density at radius 2 is 2.55 bits per heavy atom. The summed E-state index contributed by atoms with van der Waals surface area (Å²) in [5.74, 6) is 1.87. The van der Waals surface area contributed by atoms with Crippen LogP contribution in [-0.2, 0) is 4.74 Å². The van der Waals surface area contributed by atoms with Crippen molar-refractivity contribution in [1.82, 2.24) is 0 Å². The summed E-state index contributed by atoms with van der Waals surface area (Å²) < 4.78 is 5.48. The fraction of sp³-hybridized carbons (Fsp3) is 1.00. The molecule has 3 heteroatoms. The molecule has 1 rings (SSSR count). The SMILES string of the molecule is CC(CCl)SCC1CCCO1. The fourth-order valence-electron chi connectivity index (χ4n) is 1.09. The maximum atomic E-state index is 5.68. The lowest BCUT2D eigenvalue weighted by molar-refractivity contribution is 0.129. The molecule has 11 heavy (non-hydrogen) atoms. The average molecular weight is 195 g/mol. The second-order valence-electron chi connectivity index (χ2n) is 2.93. The highest BCUT2D eigenvalue weighted by atomic mass is 35.5. The molecule has 1 heterocycles. The molecular weight excluding hydrogens is 180 g/mol. The second-order valence-corrected chi connectivity index (χ2v) is 4.71. The van der Waals surface area contributed by atoms with E-state index >= 15 is 0 Å². The molecule has 2 unspecified atom stereocenters. The smallest absolute Gasteiger partial charge is 0.0666 e. The Bertz CT molecular complexity index is 104. The van der Waals surface area contributed by atoms with Crippen LogP contribution < -0.4 is 0 Å². The number of rotatable bonds is 4. The molecular formula is C8H15ClOS. The highest BCUT2D eigenvalue weighted by Gasteiger charge is 2.16. The molecule has 0 amide bonds. The van der Waals surface area contributed by atoms with Crippen LogP contribution in [0.5, 0.6) is 0 Å². The van der Waals surface area contributed by atoms with E-state index in [4.69, 9.17) is 16.3 Å². The summed E-state index contributed by atoms with van der Waals surface area (Å²) in [6.45, 7) is 3.12. The molecule has 0 aromatic carbocycles. The molecule has 0 aromatic rings. The third-order valence-corrected chi connectivity index (χ3v) is 3.75. The van der Waals surface area contributed by atoms with Crippen molar-refractivity contribution in [1.29, 1.82) is 0 Å². The van der Waals surface area contributed by atoms with E-state index in [1.807, 2.05) is 11.8 Å². The van der Waals surface area contributed by atoms with E-state index in [9.17, 15) is 0 Å². The van der Waals surface area contributed by atoms with Crippen LogP contribution in [0.4, 0.5) is 0 Å². The van der Waals surface area contributed by atoms with Crippen LogP contribution in [0.3, 0.4) is 0 Å². The van der Waals surface area contributed by atoms with E-state index in [-0.39, 0.29) is 0 Å². The summed E-state index contributed by atoms with van der Waals surface area (Å²) >= 11 is 7.59. The van der Waals surface area contributed by atoms with Crippen LogP contribution >= 0.6 is 23.4 Å². The van der Waals surface area contributed by atoms with Gasteiger partial charge in [0.1, 0.15) is 0 Å². The molecule has 1 saturated heterocycles. The van der Waals surface area contributed by atoms with Gasteiger partial charge in [-0.3, -0.25) is 0 Å². The fourth-order valence-corrected chi connectivity index (χ4v) is 2.25. The normalized spacial score (nSPS) is 27.3. The maximum absolute atomic E-state index is 5.68. The number of alkyl halides is 1. The van der Waals surface area contributed by atoms with Gasteiger partial charge < -0.3 is 4.74 Å². The molecule has 0 aromatic heterocycles. The molecule has 0 aliphatic carbocycles. The van der Waals surface area contributed by atoms with Crippen molar-refractivity contribution < 1.29 is 4.74 Å². The van der Waals surface area contributed by atoms with Crippen LogP contribution in [0.1, 0.15) is 19.8 Å². The van der Waals surface area contributed by atoms with Crippen molar-refractivity contribution in [2.45, 2.75) is 31.1 Å². The molecule has 66 valence electrons. The zero-order valence-electron chi connectivity index (χ0n) is 6.88. The Kier molecular flexibility index (Phi) is 4.65. The minimum atomic E-state index is 0.505.